The lowest BCUT2D eigenvalue weighted by Crippen LogP contribution is -2.29. The Hall–Kier alpha value is -3.26. The Morgan fingerprint density at radius 2 is 1.77 bits per heavy atom. The van der Waals surface area contributed by atoms with Crippen LogP contribution in [0, 0.1) is 18.8 Å². The van der Waals surface area contributed by atoms with Crippen molar-refractivity contribution in [1.82, 2.24) is 10.2 Å². The lowest BCUT2D eigenvalue weighted by Gasteiger charge is -2.09. The summed E-state index contributed by atoms with van der Waals surface area (Å²) in [4.78, 5) is 25.1. The van der Waals surface area contributed by atoms with Gasteiger partial charge in [0, 0.05) is 25.2 Å². The normalized spacial score (nSPS) is 9.65. The monoisotopic (exact) mass is 350 g/mol. The van der Waals surface area contributed by atoms with Gasteiger partial charge in [0.1, 0.15) is 5.75 Å². The first kappa shape index (κ1) is 19.1. The maximum absolute atomic E-state index is 11.8. The third kappa shape index (κ3) is 5.67. The van der Waals surface area contributed by atoms with E-state index in [1.807, 2.05) is 31.2 Å². The van der Waals surface area contributed by atoms with Gasteiger partial charge in [-0.1, -0.05) is 30.0 Å². The van der Waals surface area contributed by atoms with E-state index < -0.39 is 0 Å². The summed E-state index contributed by atoms with van der Waals surface area (Å²) in [6.45, 7) is 2.11. The van der Waals surface area contributed by atoms with Gasteiger partial charge >= 0.3 is 0 Å². The molecule has 0 bridgehead atoms. The molecule has 0 spiro atoms. The van der Waals surface area contributed by atoms with E-state index in [0.29, 0.717) is 11.3 Å². The van der Waals surface area contributed by atoms with E-state index in [1.54, 1.807) is 38.4 Å². The van der Waals surface area contributed by atoms with Gasteiger partial charge in [-0.15, -0.1) is 0 Å². The number of nitrogens with zero attached hydrogens (tertiary/aromatic N) is 1. The van der Waals surface area contributed by atoms with Crippen LogP contribution in [0.5, 0.6) is 5.75 Å². The van der Waals surface area contributed by atoms with Crippen LogP contribution in [-0.2, 0) is 4.79 Å². The Labute approximate surface area is 154 Å². The number of carbonyl (C=O) groups is 2. The van der Waals surface area contributed by atoms with Gasteiger partial charge in [-0.3, -0.25) is 9.59 Å². The van der Waals surface area contributed by atoms with Crippen molar-refractivity contribution >= 4 is 11.8 Å². The molecule has 0 saturated carbocycles. The molecule has 0 radical (unpaired) electrons. The molecule has 1 N–H and O–H groups in total. The van der Waals surface area contributed by atoms with E-state index in [9.17, 15) is 9.59 Å². The summed E-state index contributed by atoms with van der Waals surface area (Å²) in [6.07, 6.45) is 0. The minimum absolute atomic E-state index is 0.0477. The number of carbonyl (C=O) groups excluding carboxylic acids is 2. The molecule has 0 heterocycles. The average molecular weight is 350 g/mol. The van der Waals surface area contributed by atoms with Crippen molar-refractivity contribution in [3.63, 3.8) is 0 Å². The van der Waals surface area contributed by atoms with E-state index in [-0.39, 0.29) is 25.0 Å². The van der Waals surface area contributed by atoms with Crippen LogP contribution in [0.3, 0.4) is 0 Å². The quantitative estimate of drug-likeness (QED) is 0.842. The van der Waals surface area contributed by atoms with Gasteiger partial charge in [-0.2, -0.15) is 0 Å². The molecule has 2 amide bonds. The molecule has 2 aromatic rings. The zero-order valence-corrected chi connectivity index (χ0v) is 15.2. The molecule has 0 aliphatic carbocycles. The van der Waals surface area contributed by atoms with Crippen LogP contribution in [0.4, 0.5) is 0 Å². The topological polar surface area (TPSA) is 58.6 Å². The van der Waals surface area contributed by atoms with E-state index in [1.165, 1.54) is 4.90 Å². The third-order valence-corrected chi connectivity index (χ3v) is 3.60. The second kappa shape index (κ2) is 9.28. The maximum atomic E-state index is 11.8. The predicted molar refractivity (Wildman–Crippen MR) is 101 cm³/mol. The van der Waals surface area contributed by atoms with Gasteiger partial charge in [-0.05, 0) is 42.8 Å². The molecule has 0 atom stereocenters. The zero-order valence-electron chi connectivity index (χ0n) is 15.2. The molecule has 0 saturated heterocycles. The van der Waals surface area contributed by atoms with Crippen LogP contribution in [-0.4, -0.2) is 44.0 Å². The lowest BCUT2D eigenvalue weighted by atomic mass is 10.1. The molecule has 5 heteroatoms. The first-order valence-corrected chi connectivity index (χ1v) is 8.23. The number of hydrogen-bond donors (Lipinski definition) is 1. The highest BCUT2D eigenvalue weighted by atomic mass is 16.5. The second-order valence-electron chi connectivity index (χ2n) is 5.91. The SMILES string of the molecule is Cc1ccccc1OCC(=O)NCC#Cc1ccc(C(=O)N(C)C)cc1. The van der Waals surface area contributed by atoms with Crippen LogP contribution in [0.15, 0.2) is 48.5 Å². The van der Waals surface area contributed by atoms with E-state index in [4.69, 9.17) is 4.74 Å². The fraction of sp³-hybridized carbons (Fsp3) is 0.238. The van der Waals surface area contributed by atoms with Crippen LogP contribution in [0.25, 0.3) is 0 Å². The van der Waals surface area contributed by atoms with Gasteiger partial charge in [0.15, 0.2) is 6.61 Å². The molecule has 0 aliphatic rings. The van der Waals surface area contributed by atoms with Gasteiger partial charge < -0.3 is 15.0 Å². The average Bonchev–Trinajstić information content (AvgIpc) is 2.64. The number of hydrogen-bond acceptors (Lipinski definition) is 3. The minimum atomic E-state index is -0.227. The summed E-state index contributed by atoms with van der Waals surface area (Å²) >= 11 is 0. The Morgan fingerprint density at radius 1 is 1.08 bits per heavy atom. The van der Waals surface area contributed by atoms with Gasteiger partial charge in [0.25, 0.3) is 11.8 Å². The second-order valence-corrected chi connectivity index (χ2v) is 5.91. The number of rotatable bonds is 5. The molecular weight excluding hydrogens is 328 g/mol. The van der Waals surface area contributed by atoms with Gasteiger partial charge in [0.2, 0.25) is 0 Å². The van der Waals surface area contributed by atoms with Crippen molar-refractivity contribution < 1.29 is 14.3 Å². The number of benzene rings is 2. The highest BCUT2D eigenvalue weighted by Crippen LogP contribution is 2.15. The fourth-order valence-electron chi connectivity index (χ4n) is 2.16. The van der Waals surface area contributed by atoms with E-state index in [2.05, 4.69) is 17.2 Å². The Kier molecular flexibility index (Phi) is 6.81. The van der Waals surface area contributed by atoms with Crippen LogP contribution < -0.4 is 10.1 Å². The van der Waals surface area contributed by atoms with Crippen molar-refractivity contribution in [3.05, 3.63) is 65.2 Å². The first-order valence-electron chi connectivity index (χ1n) is 8.23. The molecule has 134 valence electrons. The van der Waals surface area contributed by atoms with Crippen LogP contribution >= 0.6 is 0 Å². The van der Waals surface area contributed by atoms with E-state index >= 15 is 0 Å². The molecule has 0 aromatic heterocycles. The van der Waals surface area contributed by atoms with Gasteiger partial charge in [0.05, 0.1) is 6.54 Å². The number of para-hydroxylation sites is 1. The third-order valence-electron chi connectivity index (χ3n) is 3.60. The summed E-state index contributed by atoms with van der Waals surface area (Å²) in [5.74, 6) is 6.25. The molecule has 26 heavy (non-hydrogen) atoms. The Bertz CT molecular complexity index is 830. The number of amides is 2. The van der Waals surface area contributed by atoms with E-state index in [0.717, 1.165) is 11.1 Å². The highest BCUT2D eigenvalue weighted by molar-refractivity contribution is 5.93. The van der Waals surface area contributed by atoms with Crippen molar-refractivity contribution in [2.24, 2.45) is 0 Å². The first-order chi connectivity index (χ1) is 12.5. The highest BCUT2D eigenvalue weighted by Gasteiger charge is 2.06. The zero-order chi connectivity index (χ0) is 18.9. The van der Waals surface area contributed by atoms with Crippen molar-refractivity contribution in [1.29, 1.82) is 0 Å². The summed E-state index contributed by atoms with van der Waals surface area (Å²) in [5, 5.41) is 2.69. The summed E-state index contributed by atoms with van der Waals surface area (Å²) in [6, 6.07) is 14.6. The molecule has 2 aromatic carbocycles. The molecule has 0 aliphatic heterocycles. The predicted octanol–water partition coefficient (Wildman–Crippen LogP) is 2.24. The summed E-state index contributed by atoms with van der Waals surface area (Å²) in [5.41, 5.74) is 2.38. The smallest absolute Gasteiger partial charge is 0.258 e. The van der Waals surface area contributed by atoms with Gasteiger partial charge in [-0.25, -0.2) is 0 Å². The Balaban J connectivity index is 1.78. The standard InChI is InChI=1S/C21H22N2O3/c1-16-7-4-5-9-19(16)26-15-20(24)22-14-6-8-17-10-12-18(13-11-17)21(25)23(2)3/h4-5,7,9-13H,14-15H2,1-3H3,(H,22,24). The molecular formula is C21H22N2O3. The van der Waals surface area contributed by atoms with Crippen LogP contribution in [0.1, 0.15) is 21.5 Å². The number of nitrogens with one attached hydrogen (secondary N) is 1. The minimum Gasteiger partial charge on any atom is -0.484 e. The summed E-state index contributed by atoms with van der Waals surface area (Å²) < 4.78 is 5.47. The maximum Gasteiger partial charge on any atom is 0.258 e. The molecule has 5 nitrogen and oxygen atoms in total. The van der Waals surface area contributed by atoms with Crippen molar-refractivity contribution in [3.8, 4) is 17.6 Å². The van der Waals surface area contributed by atoms with Crippen molar-refractivity contribution in [2.75, 3.05) is 27.2 Å². The van der Waals surface area contributed by atoms with Crippen LogP contribution in [0.2, 0.25) is 0 Å². The molecule has 0 unspecified atom stereocenters. The van der Waals surface area contributed by atoms with Crippen molar-refractivity contribution in [2.45, 2.75) is 6.92 Å². The fourth-order valence-corrected chi connectivity index (χ4v) is 2.16. The lowest BCUT2D eigenvalue weighted by molar-refractivity contribution is -0.122. The molecule has 0 fully saturated rings. The largest absolute Gasteiger partial charge is 0.484 e. The summed E-state index contributed by atoms with van der Waals surface area (Å²) in [7, 11) is 3.42. The Morgan fingerprint density at radius 3 is 2.42 bits per heavy atom. The molecule has 2 rings (SSSR count). The number of ether oxygens (including phenoxy) is 1. The number of aryl methyl sites for hydroxylation is 1.